The maximum absolute atomic E-state index is 5.49. The standard InChI is InChI=1S/C21H31N7O/c1-17-5-8-27(15-19(17)28-9-7-23-16-28)21(22-2)25-14-18-4-3-6-24-20(18)26-10-12-29-13-11-26/h3-4,6-7,9,16-17,19H,5,8,10-15H2,1-2H3,(H,22,25). The van der Waals surface area contributed by atoms with Gasteiger partial charge in [-0.25, -0.2) is 9.97 Å². The highest BCUT2D eigenvalue weighted by Crippen LogP contribution is 2.27. The van der Waals surface area contributed by atoms with Crippen LogP contribution in [0.2, 0.25) is 0 Å². The van der Waals surface area contributed by atoms with Gasteiger partial charge in [0.05, 0.1) is 25.6 Å². The van der Waals surface area contributed by atoms with Crippen LogP contribution in [0.3, 0.4) is 0 Å². The molecular weight excluding hydrogens is 366 g/mol. The van der Waals surface area contributed by atoms with E-state index in [4.69, 9.17) is 4.74 Å². The summed E-state index contributed by atoms with van der Waals surface area (Å²) >= 11 is 0. The fraction of sp³-hybridized carbons (Fsp3) is 0.571. The number of aliphatic imine (C=N–C) groups is 1. The number of piperidine rings is 1. The quantitative estimate of drug-likeness (QED) is 0.626. The molecule has 0 radical (unpaired) electrons. The van der Waals surface area contributed by atoms with Crippen LogP contribution in [0.5, 0.6) is 0 Å². The normalized spacial score (nSPS) is 23.3. The van der Waals surface area contributed by atoms with Gasteiger partial charge in [-0.2, -0.15) is 0 Å². The lowest BCUT2D eigenvalue weighted by Gasteiger charge is -2.39. The Morgan fingerprint density at radius 1 is 1.28 bits per heavy atom. The second-order valence-electron chi connectivity index (χ2n) is 7.78. The molecule has 8 heteroatoms. The Bertz CT molecular complexity index is 801. The van der Waals surface area contributed by atoms with Crippen LogP contribution in [0, 0.1) is 5.92 Å². The third-order valence-electron chi connectivity index (χ3n) is 5.95. The Morgan fingerprint density at radius 2 is 2.14 bits per heavy atom. The Kier molecular flexibility index (Phi) is 6.29. The number of ether oxygens (including phenoxy) is 1. The van der Waals surface area contributed by atoms with Gasteiger partial charge in [0, 0.05) is 63.9 Å². The summed E-state index contributed by atoms with van der Waals surface area (Å²) in [5.41, 5.74) is 1.19. The van der Waals surface area contributed by atoms with E-state index in [1.165, 1.54) is 5.56 Å². The van der Waals surface area contributed by atoms with Crippen molar-refractivity contribution in [3.8, 4) is 0 Å². The molecule has 2 aromatic rings. The number of pyridine rings is 1. The van der Waals surface area contributed by atoms with Crippen LogP contribution in [0.25, 0.3) is 0 Å². The first-order chi connectivity index (χ1) is 14.3. The van der Waals surface area contributed by atoms with Gasteiger partial charge in [-0.1, -0.05) is 13.0 Å². The van der Waals surface area contributed by atoms with Crippen LogP contribution in [0.1, 0.15) is 24.9 Å². The molecule has 2 saturated heterocycles. The number of likely N-dealkylation sites (tertiary alicyclic amines) is 1. The summed E-state index contributed by atoms with van der Waals surface area (Å²) in [6.07, 6.45) is 8.84. The summed E-state index contributed by atoms with van der Waals surface area (Å²) < 4.78 is 7.71. The highest BCUT2D eigenvalue weighted by atomic mass is 16.5. The van der Waals surface area contributed by atoms with Crippen molar-refractivity contribution >= 4 is 11.8 Å². The van der Waals surface area contributed by atoms with Crippen molar-refractivity contribution in [3.63, 3.8) is 0 Å². The molecule has 4 rings (SSSR count). The molecule has 156 valence electrons. The SMILES string of the molecule is CN=C(NCc1cccnc1N1CCOCC1)N1CCC(C)C(n2ccnc2)C1. The average molecular weight is 398 g/mol. The lowest BCUT2D eigenvalue weighted by molar-refractivity contribution is 0.122. The highest BCUT2D eigenvalue weighted by Gasteiger charge is 2.29. The minimum Gasteiger partial charge on any atom is -0.378 e. The lowest BCUT2D eigenvalue weighted by atomic mass is 9.93. The largest absolute Gasteiger partial charge is 0.378 e. The summed E-state index contributed by atoms with van der Waals surface area (Å²) in [6, 6.07) is 4.55. The zero-order valence-corrected chi connectivity index (χ0v) is 17.4. The second kappa shape index (κ2) is 9.26. The van der Waals surface area contributed by atoms with Crippen LogP contribution in [-0.4, -0.2) is 71.8 Å². The number of anilines is 1. The summed E-state index contributed by atoms with van der Waals surface area (Å²) in [4.78, 5) is 18.1. The van der Waals surface area contributed by atoms with E-state index in [1.807, 2.05) is 31.8 Å². The van der Waals surface area contributed by atoms with Crippen molar-refractivity contribution in [2.24, 2.45) is 10.9 Å². The number of hydrogen-bond donors (Lipinski definition) is 1. The number of rotatable bonds is 4. The zero-order chi connectivity index (χ0) is 20.1. The zero-order valence-electron chi connectivity index (χ0n) is 17.4. The third-order valence-corrected chi connectivity index (χ3v) is 5.95. The van der Waals surface area contributed by atoms with Crippen LogP contribution < -0.4 is 10.2 Å². The fourth-order valence-electron chi connectivity index (χ4n) is 4.23. The number of guanidine groups is 1. The molecule has 0 saturated carbocycles. The summed E-state index contributed by atoms with van der Waals surface area (Å²) in [5, 5.41) is 3.57. The fourth-order valence-corrected chi connectivity index (χ4v) is 4.23. The second-order valence-corrected chi connectivity index (χ2v) is 7.78. The number of hydrogen-bond acceptors (Lipinski definition) is 5. The van der Waals surface area contributed by atoms with Gasteiger partial charge in [0.1, 0.15) is 5.82 Å². The number of aromatic nitrogens is 3. The minimum absolute atomic E-state index is 0.409. The van der Waals surface area contributed by atoms with E-state index < -0.39 is 0 Å². The molecule has 8 nitrogen and oxygen atoms in total. The molecular formula is C21H31N7O. The van der Waals surface area contributed by atoms with Gasteiger partial charge >= 0.3 is 0 Å². The Labute approximate surface area is 172 Å². The van der Waals surface area contributed by atoms with Gasteiger partial charge in [0.2, 0.25) is 0 Å². The van der Waals surface area contributed by atoms with Crippen molar-refractivity contribution in [1.29, 1.82) is 0 Å². The van der Waals surface area contributed by atoms with Gasteiger partial charge in [-0.3, -0.25) is 4.99 Å². The lowest BCUT2D eigenvalue weighted by Crippen LogP contribution is -2.48. The van der Waals surface area contributed by atoms with E-state index in [2.05, 4.69) is 53.8 Å². The Hall–Kier alpha value is -2.61. The molecule has 4 heterocycles. The van der Waals surface area contributed by atoms with E-state index in [1.54, 1.807) is 0 Å². The first-order valence-corrected chi connectivity index (χ1v) is 10.5. The summed E-state index contributed by atoms with van der Waals surface area (Å²) in [6.45, 7) is 8.25. The summed E-state index contributed by atoms with van der Waals surface area (Å²) in [7, 11) is 1.86. The number of imidazole rings is 1. The molecule has 0 amide bonds. The molecule has 2 aliphatic heterocycles. The maximum atomic E-state index is 5.49. The maximum Gasteiger partial charge on any atom is 0.193 e. The van der Waals surface area contributed by atoms with Crippen molar-refractivity contribution in [2.75, 3.05) is 51.3 Å². The number of nitrogens with one attached hydrogen (secondary N) is 1. The predicted molar refractivity (Wildman–Crippen MR) is 114 cm³/mol. The van der Waals surface area contributed by atoms with E-state index in [9.17, 15) is 0 Å². The molecule has 0 aliphatic carbocycles. The average Bonchev–Trinajstić information content (AvgIpc) is 3.31. The van der Waals surface area contributed by atoms with E-state index >= 15 is 0 Å². The van der Waals surface area contributed by atoms with E-state index in [0.29, 0.717) is 18.5 Å². The van der Waals surface area contributed by atoms with Gasteiger partial charge in [0.25, 0.3) is 0 Å². The first-order valence-electron chi connectivity index (χ1n) is 10.5. The Balaban J connectivity index is 1.42. The van der Waals surface area contributed by atoms with Gasteiger partial charge in [-0.15, -0.1) is 0 Å². The van der Waals surface area contributed by atoms with Gasteiger partial charge < -0.3 is 24.4 Å². The molecule has 29 heavy (non-hydrogen) atoms. The van der Waals surface area contributed by atoms with Gasteiger partial charge in [-0.05, 0) is 18.4 Å². The molecule has 2 unspecified atom stereocenters. The van der Waals surface area contributed by atoms with Crippen molar-refractivity contribution in [1.82, 2.24) is 24.8 Å². The first kappa shape index (κ1) is 19.7. The van der Waals surface area contributed by atoms with Crippen LogP contribution in [0.15, 0.2) is 42.0 Å². The predicted octanol–water partition coefficient (Wildman–Crippen LogP) is 1.77. The van der Waals surface area contributed by atoms with Crippen molar-refractivity contribution in [3.05, 3.63) is 42.6 Å². The molecule has 0 spiro atoms. The highest BCUT2D eigenvalue weighted by molar-refractivity contribution is 5.80. The molecule has 1 N–H and O–H groups in total. The van der Waals surface area contributed by atoms with Crippen molar-refractivity contribution < 1.29 is 4.74 Å². The van der Waals surface area contributed by atoms with Crippen LogP contribution in [0.4, 0.5) is 5.82 Å². The van der Waals surface area contributed by atoms with E-state index in [-0.39, 0.29) is 0 Å². The topological polar surface area (TPSA) is 70.8 Å². The molecule has 2 fully saturated rings. The molecule has 2 aromatic heterocycles. The summed E-state index contributed by atoms with van der Waals surface area (Å²) in [5.74, 6) is 2.60. The monoisotopic (exact) mass is 397 g/mol. The smallest absolute Gasteiger partial charge is 0.193 e. The van der Waals surface area contributed by atoms with Crippen molar-refractivity contribution in [2.45, 2.75) is 25.9 Å². The number of morpholine rings is 1. The van der Waals surface area contributed by atoms with Gasteiger partial charge in [0.15, 0.2) is 5.96 Å². The molecule has 0 bridgehead atoms. The minimum atomic E-state index is 0.409. The number of nitrogens with zero attached hydrogens (tertiary/aromatic N) is 6. The van der Waals surface area contributed by atoms with E-state index in [0.717, 1.165) is 57.6 Å². The molecule has 0 aromatic carbocycles. The van der Waals surface area contributed by atoms with Crippen LogP contribution in [-0.2, 0) is 11.3 Å². The Morgan fingerprint density at radius 3 is 2.90 bits per heavy atom. The third kappa shape index (κ3) is 4.53. The van der Waals surface area contributed by atoms with Crippen LogP contribution >= 0.6 is 0 Å². The molecule has 2 aliphatic rings. The molecule has 2 atom stereocenters.